The Labute approximate surface area is 424 Å². The van der Waals surface area contributed by atoms with Crippen molar-refractivity contribution in [2.75, 3.05) is 32.7 Å². The van der Waals surface area contributed by atoms with Crippen molar-refractivity contribution in [2.24, 2.45) is 22.9 Å². The number of thioether (sulfide) groups is 1. The lowest BCUT2D eigenvalue weighted by Crippen LogP contribution is -2.70. The molecule has 9 rings (SSSR count). The van der Waals surface area contributed by atoms with E-state index in [2.05, 4.69) is 18.7 Å². The van der Waals surface area contributed by atoms with E-state index in [1.165, 1.54) is 24.3 Å². The number of benzene rings is 5. The van der Waals surface area contributed by atoms with Gasteiger partial charge in [-0.05, 0) is 133 Å². The van der Waals surface area contributed by atoms with Crippen LogP contribution in [0.4, 0.5) is 10.5 Å². The normalized spacial score (nSPS) is 23.8. The van der Waals surface area contributed by atoms with E-state index in [0.717, 1.165) is 70.9 Å². The molecule has 2 fully saturated rings. The van der Waals surface area contributed by atoms with Crippen molar-refractivity contribution in [3.05, 3.63) is 155 Å². The molecule has 0 aromatic heterocycles. The summed E-state index contributed by atoms with van der Waals surface area (Å²) in [6, 6.07) is 32.3. The van der Waals surface area contributed by atoms with Gasteiger partial charge in [-0.15, -0.1) is 18.3 Å². The largest absolute Gasteiger partial charge is 0.459 e. The summed E-state index contributed by atoms with van der Waals surface area (Å²) in [6.45, 7) is 4.87. The molecule has 5 aromatic rings. The summed E-state index contributed by atoms with van der Waals surface area (Å²) >= 11 is 1.66. The fourth-order valence-electron chi connectivity index (χ4n) is 11.1. The highest BCUT2D eigenvalue weighted by atomic mass is 32.2. The van der Waals surface area contributed by atoms with E-state index >= 15 is 4.79 Å². The van der Waals surface area contributed by atoms with Crippen LogP contribution in [0, 0.1) is 27.9 Å². The molecule has 2 aliphatic carbocycles. The van der Waals surface area contributed by atoms with E-state index < -0.39 is 35.1 Å². The van der Waals surface area contributed by atoms with Gasteiger partial charge in [-0.25, -0.2) is 4.79 Å². The van der Waals surface area contributed by atoms with E-state index in [0.29, 0.717) is 48.8 Å². The third kappa shape index (κ3) is 11.1. The zero-order valence-corrected chi connectivity index (χ0v) is 41.5. The molecule has 7 atom stereocenters. The van der Waals surface area contributed by atoms with Crippen LogP contribution in [0.3, 0.4) is 0 Å². The van der Waals surface area contributed by atoms with Crippen LogP contribution in [0.5, 0.6) is 23.0 Å². The Morgan fingerprint density at radius 1 is 0.931 bits per heavy atom. The number of ether oxygens (including phenoxy) is 5. The second-order valence-corrected chi connectivity index (χ2v) is 19.7. The highest BCUT2D eigenvalue weighted by Crippen LogP contribution is 2.62. The van der Waals surface area contributed by atoms with Gasteiger partial charge in [0, 0.05) is 54.6 Å². The van der Waals surface area contributed by atoms with Gasteiger partial charge in [0.2, 0.25) is 12.1 Å². The van der Waals surface area contributed by atoms with Crippen molar-refractivity contribution < 1.29 is 48.5 Å². The molecule has 15 heteroatoms. The zero-order chi connectivity index (χ0) is 50.0. The number of nitrogens with zero attached hydrogens (tertiary/aromatic N) is 3. The number of hydrogen-bond acceptors (Lipinski definition) is 13. The molecule has 2 heterocycles. The Hall–Kier alpha value is -6.23. The smallest absolute Gasteiger partial charge is 0.416 e. The van der Waals surface area contributed by atoms with Crippen molar-refractivity contribution >= 4 is 40.0 Å². The molecule has 4 aliphatic rings. The first-order chi connectivity index (χ1) is 35.2. The molecule has 1 amide bonds. The molecule has 2 aliphatic heterocycles. The number of aliphatic hydroxyl groups is 2. The van der Waals surface area contributed by atoms with E-state index in [1.807, 2.05) is 85.1 Å². The molecule has 72 heavy (non-hydrogen) atoms. The fourth-order valence-corrected chi connectivity index (χ4v) is 11.5. The maximum absolute atomic E-state index is 15.4. The van der Waals surface area contributed by atoms with Gasteiger partial charge in [0.15, 0.2) is 0 Å². The number of nitro groups is 1. The van der Waals surface area contributed by atoms with Gasteiger partial charge in [-0.1, -0.05) is 72.6 Å². The number of allylic oxidation sites excluding steroid dienone is 1. The second kappa shape index (κ2) is 23.5. The number of non-ortho nitro benzene ring substituents is 1. The summed E-state index contributed by atoms with van der Waals surface area (Å²) in [7, 11) is 0. The molecule has 2 N–H and O–H groups in total. The molecular weight excluding hydrogens is 935 g/mol. The van der Waals surface area contributed by atoms with Gasteiger partial charge in [-0.2, -0.15) is 0 Å². The number of hydrogen-bond donors (Lipinski definition) is 2. The predicted octanol–water partition coefficient (Wildman–Crippen LogP) is 12.1. The lowest BCUT2D eigenvalue weighted by molar-refractivity contribution is -0.384. The Balaban J connectivity index is 1.26. The van der Waals surface area contributed by atoms with Crippen LogP contribution in [0.2, 0.25) is 0 Å². The number of aliphatic hydroxyl groups excluding tert-OH is 2. The number of nitro benzene ring substituents is 1. The summed E-state index contributed by atoms with van der Waals surface area (Å²) in [6.07, 6.45) is 11.7. The van der Waals surface area contributed by atoms with Gasteiger partial charge in [0.1, 0.15) is 29.0 Å². The quantitative estimate of drug-likeness (QED) is 0.0235. The number of unbranched alkanes of at least 4 members (excludes halogenated alkanes) is 2. The maximum atomic E-state index is 15.4. The number of carbonyl (C=O) groups excluding carboxylic acids is 1. The Bertz CT molecular complexity index is 2740. The molecular formula is C57H63N3O11S. The number of fused-ring (bicyclic) bond motifs is 3. The summed E-state index contributed by atoms with van der Waals surface area (Å²) < 4.78 is 33.7. The predicted molar refractivity (Wildman–Crippen MR) is 277 cm³/mol. The minimum atomic E-state index is -1.60. The molecule has 0 spiro atoms. The van der Waals surface area contributed by atoms with Crippen molar-refractivity contribution in [3.63, 3.8) is 0 Å². The van der Waals surface area contributed by atoms with Crippen molar-refractivity contribution in [1.82, 2.24) is 4.90 Å². The molecule has 1 unspecified atom stereocenters. The van der Waals surface area contributed by atoms with Gasteiger partial charge in [-0.3, -0.25) is 15.0 Å². The van der Waals surface area contributed by atoms with Gasteiger partial charge >= 0.3 is 6.09 Å². The van der Waals surface area contributed by atoms with E-state index in [-0.39, 0.29) is 62.0 Å². The fraction of sp³-hybridized carbons (Fsp3) is 0.404. The monoisotopic (exact) mass is 997 g/mol. The average molecular weight is 998 g/mol. The number of oxime groups is 1. The van der Waals surface area contributed by atoms with Crippen LogP contribution in [-0.4, -0.2) is 82.6 Å². The summed E-state index contributed by atoms with van der Waals surface area (Å²) in [5, 5.41) is 38.8. The summed E-state index contributed by atoms with van der Waals surface area (Å²) in [5.41, 5.74) is 3.10. The van der Waals surface area contributed by atoms with E-state index in [9.17, 15) is 20.3 Å². The highest BCUT2D eigenvalue weighted by Gasteiger charge is 2.66. The second-order valence-electron chi connectivity index (χ2n) is 18.8. The lowest BCUT2D eigenvalue weighted by Gasteiger charge is -2.59. The van der Waals surface area contributed by atoms with Crippen molar-refractivity contribution in [3.8, 4) is 23.0 Å². The van der Waals surface area contributed by atoms with Crippen LogP contribution >= 0.6 is 11.8 Å². The van der Waals surface area contributed by atoms with Crippen LogP contribution < -0.4 is 14.2 Å². The molecule has 14 nitrogen and oxygen atoms in total. The third-order valence-corrected chi connectivity index (χ3v) is 15.2. The molecule has 378 valence electrons. The standard InChI is InChI=1S/C57H63N3O11S/c1-3-32-67-57-52(59(37-40-16-12-15-38-13-4-5-17-46(38)40)56(63)69-43-22-20-41(21-23-43)60(64)65)36-50(58-71-53-19-8-11-33-66-53)48-34-39(14-6-9-30-61)47(18-7-10-31-62)54(55(48)57)49-35-44(26-29-51(49)70-57)68-42-24-27-45(72-2)28-25-42/h3-5,12-13,15-17,20-29,34-35,39,47,52-55,61-62H,1,6-11,14,18-19,30-33,36-37H2,2H3/t39-,47+,52-,53?,54+,55+,57+/m0/s1. The first-order valence-corrected chi connectivity index (χ1v) is 26.3. The minimum Gasteiger partial charge on any atom is -0.459 e. The third-order valence-electron chi connectivity index (χ3n) is 14.4. The van der Waals surface area contributed by atoms with Gasteiger partial charge < -0.3 is 38.7 Å². The first kappa shape index (κ1) is 50.7. The van der Waals surface area contributed by atoms with E-state index in [1.54, 1.807) is 22.7 Å². The Morgan fingerprint density at radius 3 is 2.42 bits per heavy atom. The van der Waals surface area contributed by atoms with Crippen LogP contribution in [0.15, 0.2) is 144 Å². The van der Waals surface area contributed by atoms with Crippen molar-refractivity contribution in [1.29, 1.82) is 0 Å². The molecule has 0 radical (unpaired) electrons. The van der Waals surface area contributed by atoms with Crippen LogP contribution in [0.25, 0.3) is 10.8 Å². The topological polar surface area (TPSA) is 172 Å². The van der Waals surface area contributed by atoms with Crippen molar-refractivity contribution in [2.45, 2.75) is 99.7 Å². The average Bonchev–Trinajstić information content (AvgIpc) is 3.41. The summed E-state index contributed by atoms with van der Waals surface area (Å²) in [4.78, 5) is 35.7. The van der Waals surface area contributed by atoms with Gasteiger partial charge in [0.05, 0.1) is 36.3 Å². The summed E-state index contributed by atoms with van der Waals surface area (Å²) in [5.74, 6) is -0.554. The Kier molecular flexibility index (Phi) is 16.6. The molecule has 1 saturated carbocycles. The van der Waals surface area contributed by atoms with Crippen LogP contribution in [-0.2, 0) is 20.9 Å². The SMILES string of the molecule is C=CCO[C@@]12Oc3ccc(Oc4ccc(SC)cc4)cc3[C@H]3[C@H](CCCCO)[C@@H](CCCCO)C=C(C(=NOC4CCCCO4)C[C@@H]1N(Cc1cccc4ccccc14)C(=O)Oc1ccc([N+](=O)[O-])cc1)[C@H]32. The van der Waals surface area contributed by atoms with E-state index in [4.69, 9.17) is 33.7 Å². The van der Waals surface area contributed by atoms with Crippen LogP contribution in [0.1, 0.15) is 81.3 Å². The molecule has 5 aromatic carbocycles. The minimum absolute atomic E-state index is 0.00443. The number of carbonyl (C=O) groups is 1. The highest BCUT2D eigenvalue weighted by molar-refractivity contribution is 7.98. The number of amides is 1. The molecule has 1 saturated heterocycles. The number of rotatable bonds is 21. The zero-order valence-electron chi connectivity index (χ0n) is 40.6. The van der Waals surface area contributed by atoms with Gasteiger partial charge in [0.25, 0.3) is 5.69 Å². The Morgan fingerprint density at radius 2 is 1.68 bits per heavy atom. The first-order valence-electron chi connectivity index (χ1n) is 25.1. The molecule has 0 bridgehead atoms. The maximum Gasteiger partial charge on any atom is 0.416 e. The lowest BCUT2D eigenvalue weighted by atomic mass is 9.55.